The molecule has 0 spiro atoms. The smallest absolute Gasteiger partial charge is 0.492 e. The first-order valence-corrected chi connectivity index (χ1v) is 14.2. The van der Waals surface area contributed by atoms with Crippen molar-refractivity contribution in [2.75, 3.05) is 31.6 Å². The molecule has 10 nitrogen and oxygen atoms in total. The van der Waals surface area contributed by atoms with Gasteiger partial charge in [0.25, 0.3) is 5.91 Å². The molecule has 256 valence electrons. The maximum absolute atomic E-state index is 15.9. The molecule has 2 aromatic carbocycles. The number of pyridine rings is 1. The number of carbonyl (C=O) groups is 2. The first-order chi connectivity index (χ1) is 21.8. The molecule has 1 aliphatic rings. The number of alkyl halides is 6. The van der Waals surface area contributed by atoms with Gasteiger partial charge in [0.1, 0.15) is 23.5 Å². The van der Waals surface area contributed by atoms with E-state index in [1.807, 2.05) is 0 Å². The summed E-state index contributed by atoms with van der Waals surface area (Å²) in [6.45, 7) is 2.78. The molecule has 0 saturated carbocycles. The molecule has 2 amide bonds. The molecule has 1 fully saturated rings. The second kappa shape index (κ2) is 13.3. The van der Waals surface area contributed by atoms with Crippen molar-refractivity contribution in [2.24, 2.45) is 5.73 Å². The number of carbonyl (C=O) groups excluding carboxylic acids is 2. The zero-order chi connectivity index (χ0) is 35.0. The summed E-state index contributed by atoms with van der Waals surface area (Å²) in [4.78, 5) is 42.1. The normalized spacial score (nSPS) is 17.2. The maximum Gasteiger partial charge on any atom is 0.573 e. The predicted octanol–water partition coefficient (Wildman–Crippen LogP) is 4.23. The lowest BCUT2D eigenvalue weighted by atomic mass is 10.0. The first-order valence-electron chi connectivity index (χ1n) is 14.2. The highest BCUT2D eigenvalue weighted by Crippen LogP contribution is 2.40. The molecule has 4 rings (SSSR count). The van der Waals surface area contributed by atoms with E-state index in [0.717, 1.165) is 25.3 Å². The summed E-state index contributed by atoms with van der Waals surface area (Å²) in [6.07, 6.45) is -9.06. The standard InChI is InChI=1S/C30H32F7N5O5/c1-15-7-19(47-30(35,36)37)6-5-18(15)10-39-28(45)21-13-41(14-29(32,33)34)24-20(26(21)44)8-22(31)25(27(24)46-4)40-11-16(2)42(17(3)12-40)23(43)9-38/h5-8,13,16-17H,9-12,14,38H2,1-4H3,(H,39,45)/t16-,17+. The Hall–Kier alpha value is -4.54. The van der Waals surface area contributed by atoms with E-state index < -0.39 is 70.5 Å². The van der Waals surface area contributed by atoms with E-state index in [2.05, 4.69) is 10.1 Å². The van der Waals surface area contributed by atoms with Gasteiger partial charge in [-0.3, -0.25) is 14.4 Å². The van der Waals surface area contributed by atoms with Gasteiger partial charge in [0.05, 0.1) is 24.6 Å². The van der Waals surface area contributed by atoms with Gasteiger partial charge in [0, 0.05) is 37.9 Å². The number of nitrogens with one attached hydrogen (secondary N) is 1. The summed E-state index contributed by atoms with van der Waals surface area (Å²) in [5.41, 5.74) is 3.70. The number of ether oxygens (including phenoxy) is 2. The fourth-order valence-corrected chi connectivity index (χ4v) is 5.89. The van der Waals surface area contributed by atoms with Gasteiger partial charge in [-0.25, -0.2) is 4.39 Å². The quantitative estimate of drug-likeness (QED) is 0.343. The number of nitrogens with zero attached hydrogens (tertiary/aromatic N) is 3. The minimum absolute atomic E-state index is 0.0710. The highest BCUT2D eigenvalue weighted by atomic mass is 19.4. The van der Waals surface area contributed by atoms with Crippen molar-refractivity contribution in [3.63, 3.8) is 0 Å². The molecule has 2 atom stereocenters. The highest BCUT2D eigenvalue weighted by Gasteiger charge is 2.37. The molecule has 3 aromatic rings. The lowest BCUT2D eigenvalue weighted by molar-refractivity contribution is -0.274. The third kappa shape index (κ3) is 7.72. The van der Waals surface area contributed by atoms with Gasteiger partial charge in [-0.15, -0.1) is 13.2 Å². The van der Waals surface area contributed by atoms with E-state index >= 15 is 4.39 Å². The lowest BCUT2D eigenvalue weighted by Crippen LogP contribution is -2.60. The Kier molecular flexibility index (Phi) is 9.99. The van der Waals surface area contributed by atoms with Gasteiger partial charge in [-0.1, -0.05) is 6.07 Å². The summed E-state index contributed by atoms with van der Waals surface area (Å²) in [5, 5.41) is 1.83. The SMILES string of the molecule is COc1c(N2C[C@@H](C)N(C(=O)CN)[C@@H](C)C2)c(F)cc2c(=O)c(C(=O)NCc3ccc(OC(F)(F)F)cc3C)cn(CC(F)(F)F)c12. The number of nitrogens with two attached hydrogens (primary N) is 1. The zero-order valence-electron chi connectivity index (χ0n) is 25.7. The van der Waals surface area contributed by atoms with Crippen LogP contribution in [-0.2, 0) is 17.9 Å². The van der Waals surface area contributed by atoms with Crippen LogP contribution in [0.5, 0.6) is 11.5 Å². The largest absolute Gasteiger partial charge is 0.573 e. The van der Waals surface area contributed by atoms with Crippen LogP contribution in [0.1, 0.15) is 35.3 Å². The van der Waals surface area contributed by atoms with Gasteiger partial charge >= 0.3 is 12.5 Å². The van der Waals surface area contributed by atoms with E-state index in [-0.39, 0.29) is 49.1 Å². The molecular formula is C30H32F7N5O5. The summed E-state index contributed by atoms with van der Waals surface area (Å²) in [7, 11) is 1.11. The topological polar surface area (TPSA) is 119 Å². The molecule has 0 aliphatic carbocycles. The Bertz CT molecular complexity index is 1730. The number of halogens is 7. The third-order valence-electron chi connectivity index (χ3n) is 7.73. The number of hydrogen-bond donors (Lipinski definition) is 2. The molecule has 2 heterocycles. The van der Waals surface area contributed by atoms with Gasteiger partial charge < -0.3 is 34.9 Å². The van der Waals surface area contributed by atoms with Crippen LogP contribution in [0.2, 0.25) is 0 Å². The second-order valence-electron chi connectivity index (χ2n) is 11.2. The first kappa shape index (κ1) is 35.3. The maximum atomic E-state index is 15.9. The number of anilines is 1. The minimum atomic E-state index is -4.92. The fourth-order valence-electron chi connectivity index (χ4n) is 5.89. The van der Waals surface area contributed by atoms with Crippen LogP contribution in [0, 0.1) is 12.7 Å². The number of hydrogen-bond acceptors (Lipinski definition) is 7. The number of piperazine rings is 1. The molecule has 0 radical (unpaired) electrons. The zero-order valence-corrected chi connectivity index (χ0v) is 25.7. The summed E-state index contributed by atoms with van der Waals surface area (Å²) >= 11 is 0. The van der Waals surface area contributed by atoms with Crippen molar-refractivity contribution in [1.29, 1.82) is 0 Å². The third-order valence-corrected chi connectivity index (χ3v) is 7.73. The van der Waals surface area contributed by atoms with Crippen molar-refractivity contribution in [3.05, 3.63) is 63.2 Å². The average molecular weight is 676 g/mol. The Morgan fingerprint density at radius 3 is 2.23 bits per heavy atom. The summed E-state index contributed by atoms with van der Waals surface area (Å²) in [5.74, 6) is -3.31. The molecule has 17 heteroatoms. The number of aryl methyl sites for hydroxylation is 1. The monoisotopic (exact) mass is 675 g/mol. The Balaban J connectivity index is 1.76. The highest BCUT2D eigenvalue weighted by molar-refractivity contribution is 6.00. The van der Waals surface area contributed by atoms with Crippen LogP contribution in [0.4, 0.5) is 36.4 Å². The van der Waals surface area contributed by atoms with Crippen LogP contribution in [0.3, 0.4) is 0 Å². The Morgan fingerprint density at radius 1 is 1.06 bits per heavy atom. The fraction of sp³-hybridized carbons (Fsp3) is 0.433. The number of fused-ring (bicyclic) bond motifs is 1. The van der Waals surface area contributed by atoms with Crippen molar-refractivity contribution in [1.82, 2.24) is 14.8 Å². The molecule has 3 N–H and O–H groups in total. The van der Waals surface area contributed by atoms with Crippen LogP contribution in [0.25, 0.3) is 10.9 Å². The summed E-state index contributed by atoms with van der Waals surface area (Å²) in [6, 6.07) is 3.15. The van der Waals surface area contributed by atoms with Crippen LogP contribution in [-0.4, -0.2) is 72.6 Å². The van der Waals surface area contributed by atoms with Crippen molar-refractivity contribution >= 4 is 28.4 Å². The van der Waals surface area contributed by atoms with Crippen molar-refractivity contribution < 1.29 is 49.8 Å². The Morgan fingerprint density at radius 2 is 1.70 bits per heavy atom. The number of benzene rings is 2. The van der Waals surface area contributed by atoms with E-state index in [1.165, 1.54) is 17.9 Å². The van der Waals surface area contributed by atoms with Crippen LogP contribution < -0.4 is 30.9 Å². The van der Waals surface area contributed by atoms with Gasteiger partial charge in [-0.2, -0.15) is 13.2 Å². The average Bonchev–Trinajstić information content (AvgIpc) is 2.95. The van der Waals surface area contributed by atoms with Crippen LogP contribution >= 0.6 is 0 Å². The molecule has 1 aromatic heterocycles. The van der Waals surface area contributed by atoms with E-state index in [0.29, 0.717) is 16.3 Å². The Labute approximate surface area is 263 Å². The number of aromatic nitrogens is 1. The molecule has 1 aliphatic heterocycles. The number of amides is 2. The predicted molar refractivity (Wildman–Crippen MR) is 157 cm³/mol. The molecule has 0 bridgehead atoms. The lowest BCUT2D eigenvalue weighted by Gasteiger charge is -2.45. The summed E-state index contributed by atoms with van der Waals surface area (Å²) < 4.78 is 105. The van der Waals surface area contributed by atoms with Gasteiger partial charge in [0.2, 0.25) is 11.3 Å². The minimum Gasteiger partial charge on any atom is -0.492 e. The van der Waals surface area contributed by atoms with Crippen LogP contribution in [0.15, 0.2) is 35.3 Å². The molecular weight excluding hydrogens is 643 g/mol. The van der Waals surface area contributed by atoms with E-state index in [9.17, 15) is 40.7 Å². The van der Waals surface area contributed by atoms with Gasteiger partial charge in [-0.05, 0) is 50.1 Å². The van der Waals surface area contributed by atoms with Gasteiger partial charge in [0.15, 0.2) is 11.6 Å². The second-order valence-corrected chi connectivity index (χ2v) is 11.2. The van der Waals surface area contributed by atoms with Crippen molar-refractivity contribution in [3.8, 4) is 11.5 Å². The number of methoxy groups -OCH3 is 1. The molecule has 0 unspecified atom stereocenters. The molecule has 47 heavy (non-hydrogen) atoms. The number of rotatable bonds is 8. The molecule has 1 saturated heterocycles. The van der Waals surface area contributed by atoms with E-state index in [4.69, 9.17) is 10.5 Å². The van der Waals surface area contributed by atoms with Crippen molar-refractivity contribution in [2.45, 2.75) is 58.5 Å². The van der Waals surface area contributed by atoms with E-state index in [1.54, 1.807) is 18.7 Å².